The second-order valence-corrected chi connectivity index (χ2v) is 5.17. The van der Waals surface area contributed by atoms with Crippen molar-refractivity contribution in [3.63, 3.8) is 0 Å². The number of aromatic hydroxyl groups is 2. The molecule has 0 fully saturated rings. The number of methoxy groups -OCH3 is 1. The van der Waals surface area contributed by atoms with E-state index in [1.807, 2.05) is 31.2 Å². The number of benzene rings is 2. The van der Waals surface area contributed by atoms with Crippen LogP contribution in [-0.4, -0.2) is 17.3 Å². The Morgan fingerprint density at radius 1 is 0.857 bits per heavy atom. The Morgan fingerprint density at radius 3 is 1.90 bits per heavy atom. The van der Waals surface area contributed by atoms with Crippen LogP contribution in [0.4, 0.5) is 0 Å². The van der Waals surface area contributed by atoms with Gasteiger partial charge in [-0.25, -0.2) is 0 Å². The summed E-state index contributed by atoms with van der Waals surface area (Å²) in [6, 6.07) is 12.7. The minimum atomic E-state index is 0.0000941. The van der Waals surface area contributed by atoms with Gasteiger partial charge in [0.25, 0.3) is 0 Å². The third kappa shape index (κ3) is 3.89. The molecule has 0 radical (unpaired) electrons. The SMILES string of the molecule is COc1ccc([C@H](C)NC(C)c2cc(O)cc(O)c2)cc1. The van der Waals surface area contributed by atoms with Crippen LogP contribution in [0.3, 0.4) is 0 Å². The van der Waals surface area contributed by atoms with Gasteiger partial charge in [0.1, 0.15) is 17.2 Å². The summed E-state index contributed by atoms with van der Waals surface area (Å²) in [7, 11) is 1.65. The molecule has 0 aliphatic carbocycles. The molecule has 3 N–H and O–H groups in total. The minimum absolute atomic E-state index is 0.0000941. The Kier molecular flexibility index (Phi) is 4.70. The van der Waals surface area contributed by atoms with Crippen molar-refractivity contribution in [3.05, 3.63) is 53.6 Å². The first-order valence-electron chi connectivity index (χ1n) is 6.92. The van der Waals surface area contributed by atoms with E-state index in [2.05, 4.69) is 12.2 Å². The van der Waals surface area contributed by atoms with Gasteiger partial charge in [0.2, 0.25) is 0 Å². The number of hydrogen-bond donors (Lipinski definition) is 3. The predicted octanol–water partition coefficient (Wildman–Crippen LogP) is 3.52. The van der Waals surface area contributed by atoms with Crippen LogP contribution >= 0.6 is 0 Å². The normalized spacial score (nSPS) is 13.7. The molecule has 2 atom stereocenters. The Balaban J connectivity index is 2.08. The average Bonchev–Trinajstić information content (AvgIpc) is 2.46. The van der Waals surface area contributed by atoms with Crippen LogP contribution in [0.5, 0.6) is 17.2 Å². The molecule has 1 unspecified atom stereocenters. The number of nitrogens with one attached hydrogen (secondary N) is 1. The highest BCUT2D eigenvalue weighted by molar-refractivity contribution is 5.38. The number of ether oxygens (including phenoxy) is 1. The Hall–Kier alpha value is -2.20. The second-order valence-electron chi connectivity index (χ2n) is 5.17. The fraction of sp³-hybridized carbons (Fsp3) is 0.294. The molecule has 0 aromatic heterocycles. The topological polar surface area (TPSA) is 61.7 Å². The molecule has 0 saturated heterocycles. The summed E-state index contributed by atoms with van der Waals surface area (Å²) in [6.45, 7) is 4.06. The molecule has 112 valence electrons. The maximum absolute atomic E-state index is 9.55. The summed E-state index contributed by atoms with van der Waals surface area (Å²) in [6.07, 6.45) is 0. The first-order chi connectivity index (χ1) is 9.99. The molecule has 0 bridgehead atoms. The number of phenolic OH excluding ortho intramolecular Hbond substituents is 2. The van der Waals surface area contributed by atoms with E-state index in [0.29, 0.717) is 0 Å². The molecule has 2 rings (SSSR count). The first-order valence-corrected chi connectivity index (χ1v) is 6.92. The van der Waals surface area contributed by atoms with E-state index in [9.17, 15) is 10.2 Å². The lowest BCUT2D eigenvalue weighted by molar-refractivity contribution is 0.414. The molecule has 4 nitrogen and oxygen atoms in total. The van der Waals surface area contributed by atoms with Crippen LogP contribution in [-0.2, 0) is 0 Å². The molecule has 21 heavy (non-hydrogen) atoms. The van der Waals surface area contributed by atoms with Crippen LogP contribution in [0.25, 0.3) is 0 Å². The fourth-order valence-corrected chi connectivity index (χ4v) is 2.33. The Bertz CT molecular complexity index is 575. The predicted molar refractivity (Wildman–Crippen MR) is 82.7 cm³/mol. The molecule has 4 heteroatoms. The van der Waals surface area contributed by atoms with E-state index in [-0.39, 0.29) is 23.6 Å². The molecule has 0 amide bonds. The van der Waals surface area contributed by atoms with Gasteiger partial charge in [-0.15, -0.1) is 0 Å². The van der Waals surface area contributed by atoms with Gasteiger partial charge in [-0.2, -0.15) is 0 Å². The molecule has 0 aliphatic rings. The fourth-order valence-electron chi connectivity index (χ4n) is 2.33. The van der Waals surface area contributed by atoms with E-state index < -0.39 is 0 Å². The van der Waals surface area contributed by atoms with Crippen LogP contribution in [0.2, 0.25) is 0 Å². The first kappa shape index (κ1) is 15.2. The van der Waals surface area contributed by atoms with Gasteiger partial charge >= 0.3 is 0 Å². The Morgan fingerprint density at radius 2 is 1.38 bits per heavy atom. The average molecular weight is 287 g/mol. The quantitative estimate of drug-likeness (QED) is 0.787. The highest BCUT2D eigenvalue weighted by Gasteiger charge is 2.12. The maximum Gasteiger partial charge on any atom is 0.119 e. The summed E-state index contributed by atoms with van der Waals surface area (Å²) in [5.41, 5.74) is 1.99. The van der Waals surface area contributed by atoms with E-state index in [1.54, 1.807) is 19.2 Å². The largest absolute Gasteiger partial charge is 0.508 e. The van der Waals surface area contributed by atoms with E-state index >= 15 is 0 Å². The van der Waals surface area contributed by atoms with Crippen molar-refractivity contribution in [1.29, 1.82) is 0 Å². The number of rotatable bonds is 5. The van der Waals surface area contributed by atoms with Crippen LogP contribution in [0.1, 0.15) is 37.1 Å². The summed E-state index contributed by atoms with van der Waals surface area (Å²) < 4.78 is 5.15. The van der Waals surface area contributed by atoms with Crippen molar-refractivity contribution in [1.82, 2.24) is 5.32 Å². The molecule has 2 aromatic rings. The van der Waals surface area contributed by atoms with Gasteiger partial charge in [0.15, 0.2) is 0 Å². The summed E-state index contributed by atoms with van der Waals surface area (Å²) >= 11 is 0. The van der Waals surface area contributed by atoms with Gasteiger partial charge in [0, 0.05) is 18.2 Å². The van der Waals surface area contributed by atoms with Crippen LogP contribution in [0.15, 0.2) is 42.5 Å². The minimum Gasteiger partial charge on any atom is -0.508 e. The van der Waals surface area contributed by atoms with Crippen molar-refractivity contribution in [2.45, 2.75) is 25.9 Å². The third-order valence-electron chi connectivity index (χ3n) is 3.54. The zero-order chi connectivity index (χ0) is 15.4. The van der Waals surface area contributed by atoms with Gasteiger partial charge in [-0.3, -0.25) is 0 Å². The van der Waals surface area contributed by atoms with Crippen molar-refractivity contribution in [2.24, 2.45) is 0 Å². The van der Waals surface area contributed by atoms with Crippen molar-refractivity contribution >= 4 is 0 Å². The molecule has 0 spiro atoms. The molecule has 0 heterocycles. The lowest BCUT2D eigenvalue weighted by Crippen LogP contribution is -2.22. The van der Waals surface area contributed by atoms with E-state index in [0.717, 1.165) is 16.9 Å². The molecule has 2 aromatic carbocycles. The van der Waals surface area contributed by atoms with Crippen LogP contribution in [0, 0.1) is 0 Å². The summed E-state index contributed by atoms with van der Waals surface area (Å²) in [5, 5.41) is 22.5. The van der Waals surface area contributed by atoms with Gasteiger partial charge in [-0.05, 0) is 49.2 Å². The highest BCUT2D eigenvalue weighted by Crippen LogP contribution is 2.27. The number of hydrogen-bond acceptors (Lipinski definition) is 4. The Labute approximate surface area is 125 Å². The third-order valence-corrected chi connectivity index (χ3v) is 3.54. The van der Waals surface area contributed by atoms with Gasteiger partial charge in [0.05, 0.1) is 7.11 Å². The lowest BCUT2D eigenvalue weighted by atomic mass is 10.0. The lowest BCUT2D eigenvalue weighted by Gasteiger charge is -2.21. The molecule has 0 saturated carbocycles. The number of phenols is 2. The van der Waals surface area contributed by atoms with Crippen molar-refractivity contribution in [3.8, 4) is 17.2 Å². The van der Waals surface area contributed by atoms with Crippen molar-refractivity contribution in [2.75, 3.05) is 7.11 Å². The monoisotopic (exact) mass is 287 g/mol. The standard InChI is InChI=1S/C17H21NO3/c1-11(13-4-6-17(21-3)7-5-13)18-12(2)14-8-15(19)10-16(20)9-14/h4-12,18-20H,1-3H3/t11-,12?/m0/s1. The van der Waals surface area contributed by atoms with Crippen LogP contribution < -0.4 is 10.1 Å². The highest BCUT2D eigenvalue weighted by atomic mass is 16.5. The van der Waals surface area contributed by atoms with E-state index in [1.165, 1.54) is 6.07 Å². The molecular weight excluding hydrogens is 266 g/mol. The van der Waals surface area contributed by atoms with Gasteiger partial charge in [-0.1, -0.05) is 12.1 Å². The van der Waals surface area contributed by atoms with E-state index in [4.69, 9.17) is 4.74 Å². The summed E-state index contributed by atoms with van der Waals surface area (Å²) in [5.74, 6) is 0.961. The zero-order valence-electron chi connectivity index (χ0n) is 12.5. The van der Waals surface area contributed by atoms with Gasteiger partial charge < -0.3 is 20.3 Å². The zero-order valence-corrected chi connectivity index (χ0v) is 12.5. The molecule has 0 aliphatic heterocycles. The van der Waals surface area contributed by atoms with Crippen molar-refractivity contribution < 1.29 is 14.9 Å². The molecular formula is C17H21NO3. The second kappa shape index (κ2) is 6.50. The summed E-state index contributed by atoms with van der Waals surface area (Å²) in [4.78, 5) is 0. The maximum atomic E-state index is 9.55. The smallest absolute Gasteiger partial charge is 0.119 e.